The first-order valence-electron chi connectivity index (χ1n) is 4.52. The third-order valence-corrected chi connectivity index (χ3v) is 3.99. The van der Waals surface area contributed by atoms with Gasteiger partial charge in [-0.25, -0.2) is 8.42 Å². The maximum Gasteiger partial charge on any atom is 0.270 e. The van der Waals surface area contributed by atoms with Crippen LogP contribution in [0.1, 0.15) is 0 Å². The summed E-state index contributed by atoms with van der Waals surface area (Å²) in [5, 5.41) is 17.7. The van der Waals surface area contributed by atoms with Gasteiger partial charge in [-0.3, -0.25) is 14.8 Å². The molecule has 0 amide bonds. The van der Waals surface area contributed by atoms with Crippen LogP contribution in [0.5, 0.6) is 0 Å². The Balaban J connectivity index is 2.35. The van der Waals surface area contributed by atoms with Crippen LogP contribution in [0.15, 0.2) is 34.7 Å². The second kappa shape index (κ2) is 4.66. The van der Waals surface area contributed by atoms with Gasteiger partial charge in [0.2, 0.25) is 5.13 Å². The van der Waals surface area contributed by atoms with Crippen LogP contribution < -0.4 is 4.72 Å². The van der Waals surface area contributed by atoms with Crippen LogP contribution in [0.25, 0.3) is 0 Å². The molecule has 2 rings (SSSR count). The molecule has 0 aliphatic carbocycles. The summed E-state index contributed by atoms with van der Waals surface area (Å²) in [7, 11) is -3.89. The van der Waals surface area contributed by atoms with E-state index in [0.717, 1.165) is 17.4 Å². The summed E-state index contributed by atoms with van der Waals surface area (Å²) < 4.78 is 25.9. The molecule has 0 saturated carbocycles. The van der Waals surface area contributed by atoms with Crippen LogP contribution in [-0.2, 0) is 10.0 Å². The molecule has 0 fully saturated rings. The quantitative estimate of drug-likeness (QED) is 0.668. The number of nitrogens with one attached hydrogen (secondary N) is 1. The minimum Gasteiger partial charge on any atom is -0.258 e. The molecule has 0 radical (unpaired) electrons. The summed E-state index contributed by atoms with van der Waals surface area (Å²) in [4.78, 5) is 9.70. The second-order valence-electron chi connectivity index (χ2n) is 3.10. The highest BCUT2D eigenvalue weighted by Crippen LogP contribution is 2.20. The highest BCUT2D eigenvalue weighted by atomic mass is 32.2. The number of hydrogen-bond acceptors (Lipinski definition) is 7. The monoisotopic (exact) mass is 286 g/mol. The van der Waals surface area contributed by atoms with E-state index in [1.165, 1.54) is 23.7 Å². The summed E-state index contributed by atoms with van der Waals surface area (Å²) in [6, 6.07) is 4.75. The SMILES string of the molecule is O=[N+]([O-])c1cccc(S(=O)(=O)Nc2nncs2)c1. The predicted octanol–water partition coefficient (Wildman–Crippen LogP) is 1.25. The van der Waals surface area contributed by atoms with Crippen molar-refractivity contribution in [1.82, 2.24) is 10.2 Å². The number of nitrogens with zero attached hydrogens (tertiary/aromatic N) is 3. The molecule has 1 N–H and O–H groups in total. The van der Waals surface area contributed by atoms with Gasteiger partial charge in [0, 0.05) is 12.1 Å². The summed E-state index contributed by atoms with van der Waals surface area (Å²) in [5.41, 5.74) is 1.07. The van der Waals surface area contributed by atoms with E-state index in [0.29, 0.717) is 0 Å². The molecule has 1 aromatic carbocycles. The Morgan fingerprint density at radius 1 is 1.39 bits per heavy atom. The molecule has 0 aliphatic heterocycles. The normalized spacial score (nSPS) is 11.1. The van der Waals surface area contributed by atoms with E-state index in [1.807, 2.05) is 0 Å². The molecule has 10 heteroatoms. The minimum absolute atomic E-state index is 0.0986. The fourth-order valence-electron chi connectivity index (χ4n) is 1.16. The fourth-order valence-corrected chi connectivity index (χ4v) is 2.89. The van der Waals surface area contributed by atoms with Crippen molar-refractivity contribution in [3.05, 3.63) is 39.9 Å². The number of anilines is 1. The van der Waals surface area contributed by atoms with Crippen LogP contribution in [0.2, 0.25) is 0 Å². The Morgan fingerprint density at radius 3 is 2.78 bits per heavy atom. The Labute approximate surface area is 106 Å². The molecular weight excluding hydrogens is 280 g/mol. The van der Waals surface area contributed by atoms with Gasteiger partial charge in [-0.05, 0) is 6.07 Å². The van der Waals surface area contributed by atoms with Gasteiger partial charge in [-0.15, -0.1) is 10.2 Å². The number of nitro groups is 1. The molecule has 8 nitrogen and oxygen atoms in total. The maximum atomic E-state index is 11.9. The molecule has 0 unspecified atom stereocenters. The molecule has 0 spiro atoms. The largest absolute Gasteiger partial charge is 0.270 e. The maximum absolute atomic E-state index is 11.9. The smallest absolute Gasteiger partial charge is 0.258 e. The zero-order chi connectivity index (χ0) is 13.2. The van der Waals surface area contributed by atoms with Crippen molar-refractivity contribution in [3.63, 3.8) is 0 Å². The van der Waals surface area contributed by atoms with Crippen molar-refractivity contribution in [2.24, 2.45) is 0 Å². The number of nitro benzene ring substituents is 1. The lowest BCUT2D eigenvalue weighted by Crippen LogP contribution is -2.13. The number of non-ortho nitro benzene ring substituents is 1. The van der Waals surface area contributed by atoms with Crippen LogP contribution in [0.3, 0.4) is 0 Å². The predicted molar refractivity (Wildman–Crippen MR) is 63.8 cm³/mol. The first-order valence-corrected chi connectivity index (χ1v) is 6.89. The van der Waals surface area contributed by atoms with Crippen molar-refractivity contribution in [1.29, 1.82) is 0 Å². The fraction of sp³-hybridized carbons (Fsp3) is 0. The zero-order valence-electron chi connectivity index (χ0n) is 8.68. The summed E-state index contributed by atoms with van der Waals surface area (Å²) in [6.07, 6.45) is 0. The Kier molecular flexibility index (Phi) is 3.21. The van der Waals surface area contributed by atoms with Gasteiger partial charge < -0.3 is 0 Å². The first-order chi connectivity index (χ1) is 8.49. The average Bonchev–Trinajstić information content (AvgIpc) is 2.81. The number of hydrogen-bond donors (Lipinski definition) is 1. The number of benzene rings is 1. The standard InChI is InChI=1S/C8H6N4O4S2/c13-12(14)6-2-1-3-7(4-6)18(15,16)11-8-10-9-5-17-8/h1-5H,(H,10,11). The van der Waals surface area contributed by atoms with Gasteiger partial charge in [0.1, 0.15) is 5.51 Å². The Bertz CT molecular complexity index is 668. The van der Waals surface area contributed by atoms with Gasteiger partial charge >= 0.3 is 0 Å². The molecule has 0 aliphatic rings. The summed E-state index contributed by atoms with van der Waals surface area (Å²) >= 11 is 1.01. The van der Waals surface area contributed by atoms with Gasteiger partial charge in [-0.1, -0.05) is 17.4 Å². The van der Waals surface area contributed by atoms with Crippen molar-refractivity contribution < 1.29 is 13.3 Å². The summed E-state index contributed by atoms with van der Waals surface area (Å²) in [6.45, 7) is 0. The van der Waals surface area contributed by atoms with E-state index in [2.05, 4.69) is 14.9 Å². The van der Waals surface area contributed by atoms with Crippen LogP contribution in [-0.4, -0.2) is 23.5 Å². The van der Waals surface area contributed by atoms with E-state index >= 15 is 0 Å². The van der Waals surface area contributed by atoms with Crippen molar-refractivity contribution in [2.45, 2.75) is 4.90 Å². The van der Waals surface area contributed by atoms with E-state index in [1.54, 1.807) is 0 Å². The first kappa shape index (κ1) is 12.4. The van der Waals surface area contributed by atoms with Gasteiger partial charge in [0.25, 0.3) is 15.7 Å². The average molecular weight is 286 g/mol. The van der Waals surface area contributed by atoms with Gasteiger partial charge in [-0.2, -0.15) is 0 Å². The highest BCUT2D eigenvalue weighted by molar-refractivity contribution is 7.93. The molecule has 0 bridgehead atoms. The number of rotatable bonds is 4. The van der Waals surface area contributed by atoms with E-state index in [9.17, 15) is 18.5 Å². The number of sulfonamides is 1. The topological polar surface area (TPSA) is 115 Å². The molecule has 1 aromatic heterocycles. The molecule has 2 aromatic rings. The Hall–Kier alpha value is -2.07. The lowest BCUT2D eigenvalue weighted by Gasteiger charge is -2.03. The van der Waals surface area contributed by atoms with Crippen LogP contribution in [0.4, 0.5) is 10.8 Å². The molecule has 0 saturated heterocycles. The minimum atomic E-state index is -3.89. The van der Waals surface area contributed by atoms with Crippen molar-refractivity contribution in [3.8, 4) is 0 Å². The van der Waals surface area contributed by atoms with E-state index < -0.39 is 14.9 Å². The van der Waals surface area contributed by atoms with Gasteiger partial charge in [0.15, 0.2) is 0 Å². The second-order valence-corrected chi connectivity index (χ2v) is 5.62. The zero-order valence-corrected chi connectivity index (χ0v) is 10.3. The van der Waals surface area contributed by atoms with Gasteiger partial charge in [0.05, 0.1) is 9.82 Å². The molecule has 94 valence electrons. The third-order valence-electron chi connectivity index (χ3n) is 1.92. The van der Waals surface area contributed by atoms with Crippen molar-refractivity contribution >= 4 is 32.2 Å². The molecule has 0 atom stereocenters. The molecule has 1 heterocycles. The molecular formula is C8H6N4O4S2. The van der Waals surface area contributed by atoms with Crippen LogP contribution in [0, 0.1) is 10.1 Å². The summed E-state index contributed by atoms with van der Waals surface area (Å²) in [5.74, 6) is 0. The number of aromatic nitrogens is 2. The third kappa shape index (κ3) is 2.60. The van der Waals surface area contributed by atoms with Crippen LogP contribution >= 0.6 is 11.3 Å². The van der Waals surface area contributed by atoms with E-state index in [-0.39, 0.29) is 15.7 Å². The lowest BCUT2D eigenvalue weighted by molar-refractivity contribution is -0.385. The lowest BCUT2D eigenvalue weighted by atomic mass is 10.3. The van der Waals surface area contributed by atoms with Crippen molar-refractivity contribution in [2.75, 3.05) is 4.72 Å². The Morgan fingerprint density at radius 2 is 2.17 bits per heavy atom. The highest BCUT2D eigenvalue weighted by Gasteiger charge is 2.18. The van der Waals surface area contributed by atoms with E-state index in [4.69, 9.17) is 0 Å². The molecule has 18 heavy (non-hydrogen) atoms.